The number of nitro groups is 2. The zero-order valence-corrected chi connectivity index (χ0v) is 14.4. The highest BCUT2D eigenvalue weighted by Crippen LogP contribution is 2.31. The SMILES string of the molecule is CCc1ccc2oc(=O)c(C(=O)Oc3cc([N+](=O)[O-])ccc3[N+](=O)[O-])cc2c1. The standard InChI is InChI=1S/C18H12N2O8/c1-2-10-3-6-15-11(7-10)8-13(17(21)27-15)18(22)28-16-9-12(19(23)24)4-5-14(16)20(25)26/h3-9H,2H2,1H3. The van der Waals surface area contributed by atoms with E-state index in [-0.39, 0.29) is 5.58 Å². The van der Waals surface area contributed by atoms with Gasteiger partial charge in [0.1, 0.15) is 11.1 Å². The normalized spacial score (nSPS) is 10.6. The summed E-state index contributed by atoms with van der Waals surface area (Å²) in [6, 6.07) is 8.85. The van der Waals surface area contributed by atoms with Crippen molar-refractivity contribution in [1.29, 1.82) is 0 Å². The van der Waals surface area contributed by atoms with Gasteiger partial charge in [-0.3, -0.25) is 20.2 Å². The molecule has 10 nitrogen and oxygen atoms in total. The summed E-state index contributed by atoms with van der Waals surface area (Å²) in [5.74, 6) is -1.87. The molecule has 0 saturated heterocycles. The highest BCUT2D eigenvalue weighted by Gasteiger charge is 2.24. The van der Waals surface area contributed by atoms with Crippen molar-refractivity contribution in [3.63, 3.8) is 0 Å². The number of nitrogens with zero attached hydrogens (tertiary/aromatic N) is 2. The van der Waals surface area contributed by atoms with Gasteiger partial charge in [-0.1, -0.05) is 13.0 Å². The zero-order valence-electron chi connectivity index (χ0n) is 14.4. The van der Waals surface area contributed by atoms with Crippen molar-refractivity contribution < 1.29 is 23.8 Å². The van der Waals surface area contributed by atoms with Crippen molar-refractivity contribution in [2.45, 2.75) is 13.3 Å². The fourth-order valence-electron chi connectivity index (χ4n) is 2.54. The molecular formula is C18H12N2O8. The van der Waals surface area contributed by atoms with E-state index in [0.717, 1.165) is 23.8 Å². The number of carbonyl (C=O) groups is 1. The summed E-state index contributed by atoms with van der Waals surface area (Å²) in [5, 5.41) is 22.5. The monoisotopic (exact) mass is 384 g/mol. The number of ether oxygens (including phenoxy) is 1. The van der Waals surface area contributed by atoms with Crippen molar-refractivity contribution in [3.05, 3.63) is 84.2 Å². The van der Waals surface area contributed by atoms with Crippen LogP contribution in [-0.4, -0.2) is 15.8 Å². The topological polar surface area (TPSA) is 143 Å². The van der Waals surface area contributed by atoms with E-state index in [4.69, 9.17) is 9.15 Å². The lowest BCUT2D eigenvalue weighted by Gasteiger charge is -2.06. The summed E-state index contributed by atoms with van der Waals surface area (Å²) in [7, 11) is 0. The third-order valence-electron chi connectivity index (χ3n) is 3.98. The van der Waals surface area contributed by atoms with Crippen LogP contribution in [0.25, 0.3) is 11.0 Å². The Morgan fingerprint density at radius 2 is 1.82 bits per heavy atom. The van der Waals surface area contributed by atoms with Crippen LogP contribution in [0.5, 0.6) is 5.75 Å². The quantitative estimate of drug-likeness (QED) is 0.214. The number of nitro benzene ring substituents is 2. The summed E-state index contributed by atoms with van der Waals surface area (Å²) < 4.78 is 10.0. The van der Waals surface area contributed by atoms with Crippen molar-refractivity contribution in [1.82, 2.24) is 0 Å². The predicted octanol–water partition coefficient (Wildman–Crippen LogP) is 3.39. The van der Waals surface area contributed by atoms with Crippen LogP contribution in [0.4, 0.5) is 11.4 Å². The number of aryl methyl sites for hydroxylation is 1. The van der Waals surface area contributed by atoms with Gasteiger partial charge in [0, 0.05) is 17.5 Å². The summed E-state index contributed by atoms with van der Waals surface area (Å²) in [6.45, 7) is 1.93. The van der Waals surface area contributed by atoms with Crippen LogP contribution >= 0.6 is 0 Å². The lowest BCUT2D eigenvalue weighted by atomic mass is 10.1. The third-order valence-corrected chi connectivity index (χ3v) is 3.98. The molecule has 0 aliphatic carbocycles. The molecule has 10 heteroatoms. The minimum atomic E-state index is -1.22. The van der Waals surface area contributed by atoms with Crippen LogP contribution in [-0.2, 0) is 6.42 Å². The number of rotatable bonds is 5. The fraction of sp³-hybridized carbons (Fsp3) is 0.111. The molecule has 142 valence electrons. The molecule has 0 bridgehead atoms. The van der Waals surface area contributed by atoms with E-state index in [1.54, 1.807) is 18.2 Å². The second-order valence-electron chi connectivity index (χ2n) is 5.73. The number of fused-ring (bicyclic) bond motifs is 1. The van der Waals surface area contributed by atoms with Crippen LogP contribution in [0.15, 0.2) is 51.7 Å². The smallest absolute Gasteiger partial charge is 0.351 e. The van der Waals surface area contributed by atoms with Crippen molar-refractivity contribution in [3.8, 4) is 5.75 Å². The van der Waals surface area contributed by atoms with E-state index in [9.17, 15) is 29.8 Å². The first-order valence-corrected chi connectivity index (χ1v) is 8.02. The van der Waals surface area contributed by atoms with Gasteiger partial charge in [0.15, 0.2) is 0 Å². The molecule has 0 N–H and O–H groups in total. The molecular weight excluding hydrogens is 372 g/mol. The molecule has 3 rings (SSSR count). The first kappa shape index (κ1) is 18.7. The summed E-state index contributed by atoms with van der Waals surface area (Å²) in [5.41, 5.74) is -1.43. The van der Waals surface area contributed by atoms with Gasteiger partial charge in [0.05, 0.1) is 15.9 Å². The van der Waals surface area contributed by atoms with Crippen LogP contribution in [0, 0.1) is 20.2 Å². The lowest BCUT2D eigenvalue weighted by Crippen LogP contribution is -2.19. The molecule has 0 saturated carbocycles. The number of esters is 1. The molecule has 0 radical (unpaired) electrons. The van der Waals surface area contributed by atoms with Gasteiger partial charge in [0.25, 0.3) is 5.69 Å². The van der Waals surface area contributed by atoms with Crippen molar-refractivity contribution in [2.75, 3.05) is 0 Å². The Kier molecular flexibility index (Phi) is 4.86. The lowest BCUT2D eigenvalue weighted by molar-refractivity contribution is -0.389. The van der Waals surface area contributed by atoms with Crippen LogP contribution in [0.3, 0.4) is 0 Å². The highest BCUT2D eigenvalue weighted by atomic mass is 16.6. The van der Waals surface area contributed by atoms with Gasteiger partial charge < -0.3 is 9.15 Å². The average molecular weight is 384 g/mol. The van der Waals surface area contributed by atoms with Crippen LogP contribution < -0.4 is 10.4 Å². The van der Waals surface area contributed by atoms with Gasteiger partial charge in [0.2, 0.25) is 5.75 Å². The molecule has 0 spiro atoms. The van der Waals surface area contributed by atoms with E-state index in [1.165, 1.54) is 6.07 Å². The van der Waals surface area contributed by atoms with Crippen molar-refractivity contribution >= 4 is 28.3 Å². The van der Waals surface area contributed by atoms with Gasteiger partial charge in [-0.25, -0.2) is 9.59 Å². The van der Waals surface area contributed by atoms with Crippen LogP contribution in [0.2, 0.25) is 0 Å². The van der Waals surface area contributed by atoms with E-state index in [0.29, 0.717) is 11.8 Å². The van der Waals surface area contributed by atoms with Gasteiger partial charge >= 0.3 is 17.3 Å². The predicted molar refractivity (Wildman–Crippen MR) is 96.6 cm³/mol. The van der Waals surface area contributed by atoms with Gasteiger partial charge in [-0.2, -0.15) is 0 Å². The third kappa shape index (κ3) is 3.56. The molecule has 3 aromatic rings. The van der Waals surface area contributed by atoms with E-state index >= 15 is 0 Å². The Balaban J connectivity index is 2.04. The average Bonchev–Trinajstić information content (AvgIpc) is 2.66. The Hall–Kier alpha value is -4.08. The van der Waals surface area contributed by atoms with E-state index in [1.807, 2.05) is 6.92 Å². The molecule has 0 amide bonds. The minimum absolute atomic E-state index is 0.264. The molecule has 28 heavy (non-hydrogen) atoms. The van der Waals surface area contributed by atoms with Crippen LogP contribution in [0.1, 0.15) is 22.8 Å². The van der Waals surface area contributed by atoms with Gasteiger partial charge in [-0.05, 0) is 30.2 Å². The largest absolute Gasteiger partial charge is 0.422 e. The van der Waals surface area contributed by atoms with Gasteiger partial charge in [-0.15, -0.1) is 0 Å². The summed E-state index contributed by atoms with van der Waals surface area (Å²) in [6.07, 6.45) is 0.717. The number of non-ortho nitro benzene ring substituents is 1. The maximum absolute atomic E-state index is 12.4. The Morgan fingerprint density at radius 3 is 2.46 bits per heavy atom. The fourth-order valence-corrected chi connectivity index (χ4v) is 2.54. The maximum atomic E-state index is 12.4. The molecule has 2 aromatic carbocycles. The second-order valence-corrected chi connectivity index (χ2v) is 5.73. The maximum Gasteiger partial charge on any atom is 0.351 e. The Bertz CT molecular complexity index is 1180. The molecule has 0 atom stereocenters. The van der Waals surface area contributed by atoms with Crippen molar-refractivity contribution in [2.24, 2.45) is 0 Å². The summed E-state index contributed by atoms with van der Waals surface area (Å²) in [4.78, 5) is 44.8. The summed E-state index contributed by atoms with van der Waals surface area (Å²) >= 11 is 0. The number of carbonyl (C=O) groups excluding carboxylic acids is 1. The Morgan fingerprint density at radius 1 is 1.07 bits per heavy atom. The molecule has 0 fully saturated rings. The molecule has 0 aliphatic heterocycles. The molecule has 1 aromatic heterocycles. The van der Waals surface area contributed by atoms with E-state index < -0.39 is 44.1 Å². The Labute approximate surface area is 156 Å². The highest BCUT2D eigenvalue weighted by molar-refractivity contribution is 5.94. The van der Waals surface area contributed by atoms with E-state index in [2.05, 4.69) is 0 Å². The zero-order chi connectivity index (χ0) is 20.4. The number of hydrogen-bond acceptors (Lipinski definition) is 8. The number of benzene rings is 2. The number of hydrogen-bond donors (Lipinski definition) is 0. The molecule has 0 unspecified atom stereocenters. The molecule has 1 heterocycles. The first-order chi connectivity index (χ1) is 13.3. The first-order valence-electron chi connectivity index (χ1n) is 8.02. The minimum Gasteiger partial charge on any atom is -0.422 e. The molecule has 0 aliphatic rings. The second kappa shape index (κ2) is 7.27.